The third-order valence-corrected chi connectivity index (χ3v) is 7.18. The van der Waals surface area contributed by atoms with Crippen LogP contribution in [-0.2, 0) is 29.4 Å². The van der Waals surface area contributed by atoms with Crippen LogP contribution in [0.25, 0.3) is 0 Å². The van der Waals surface area contributed by atoms with Crippen LogP contribution in [0.15, 0.2) is 9.52 Å². The van der Waals surface area contributed by atoms with Gasteiger partial charge in [-0.15, -0.1) is 24.0 Å². The van der Waals surface area contributed by atoms with Gasteiger partial charge in [-0.3, -0.25) is 0 Å². The minimum atomic E-state index is -3.22. The fraction of sp³-hybridized carbons (Fsp3) is 0.765. The maximum Gasteiger partial charge on any atom is 0.215 e. The van der Waals surface area contributed by atoms with Gasteiger partial charge in [0.2, 0.25) is 10.0 Å². The van der Waals surface area contributed by atoms with Crippen LogP contribution in [0.5, 0.6) is 0 Å². The molecule has 1 aliphatic rings. The fourth-order valence-corrected chi connectivity index (χ4v) is 5.36. The van der Waals surface area contributed by atoms with Crippen LogP contribution in [-0.4, -0.2) is 67.3 Å². The average molecular weight is 546 g/mol. The number of halogens is 1. The summed E-state index contributed by atoms with van der Waals surface area (Å²) in [6, 6.07) is 0. The zero-order valence-electron chi connectivity index (χ0n) is 16.9. The van der Waals surface area contributed by atoms with Crippen LogP contribution < -0.4 is 10.6 Å². The lowest BCUT2D eigenvalue weighted by Crippen LogP contribution is -2.44. The lowest BCUT2D eigenvalue weighted by atomic mass is 10.1. The van der Waals surface area contributed by atoms with E-state index >= 15 is 0 Å². The molecule has 162 valence electrons. The molecule has 11 heteroatoms. The summed E-state index contributed by atoms with van der Waals surface area (Å²) >= 11 is 1.80. The second-order valence-electron chi connectivity index (χ2n) is 6.19. The minimum Gasteiger partial charge on any atom is -0.361 e. The number of nitrogens with zero attached hydrogens (tertiary/aromatic N) is 3. The number of aliphatic imine (C=N–C) groups is 1. The van der Waals surface area contributed by atoms with Crippen LogP contribution in [0.4, 0.5) is 0 Å². The Labute approximate surface area is 189 Å². The predicted molar refractivity (Wildman–Crippen MR) is 126 cm³/mol. The molecule has 1 aromatic heterocycles. The van der Waals surface area contributed by atoms with Crippen molar-refractivity contribution >= 4 is 51.7 Å². The van der Waals surface area contributed by atoms with Crippen molar-refractivity contribution in [1.82, 2.24) is 20.1 Å². The number of nitrogens with one attached hydrogen (secondary N) is 2. The lowest BCUT2D eigenvalue weighted by molar-refractivity contribution is 0.380. The molecule has 0 aliphatic carbocycles. The Kier molecular flexibility index (Phi) is 11.8. The van der Waals surface area contributed by atoms with E-state index in [0.29, 0.717) is 38.7 Å². The summed E-state index contributed by atoms with van der Waals surface area (Å²) in [6.07, 6.45) is 1.57. The molecule has 2 N–H and O–H groups in total. The van der Waals surface area contributed by atoms with Crippen LogP contribution in [0, 0.1) is 0 Å². The smallest absolute Gasteiger partial charge is 0.215 e. The third-order valence-electron chi connectivity index (χ3n) is 4.36. The monoisotopic (exact) mass is 545 g/mol. The number of sulfonamides is 1. The van der Waals surface area contributed by atoms with E-state index in [1.165, 1.54) is 0 Å². The molecule has 2 rings (SSSR count). The Bertz CT molecular complexity index is 697. The highest BCUT2D eigenvalue weighted by molar-refractivity contribution is 14.0. The maximum absolute atomic E-state index is 12.4. The molecule has 1 aliphatic heterocycles. The highest BCUT2D eigenvalue weighted by Gasteiger charge is 2.23. The van der Waals surface area contributed by atoms with Crippen LogP contribution in [0.3, 0.4) is 0 Å². The van der Waals surface area contributed by atoms with E-state index in [-0.39, 0.29) is 29.7 Å². The molecule has 0 aromatic carbocycles. The molecule has 28 heavy (non-hydrogen) atoms. The number of thioether (sulfide) groups is 1. The SMILES string of the molecule is CCNC(=NCc1c(CC)noc1CC)NCCS(=O)(=O)N1CCSCC1.I. The van der Waals surface area contributed by atoms with Gasteiger partial charge in [0, 0.05) is 49.7 Å². The molecule has 8 nitrogen and oxygen atoms in total. The Balaban J connectivity index is 0.00000392. The van der Waals surface area contributed by atoms with Crippen LogP contribution in [0.2, 0.25) is 0 Å². The van der Waals surface area contributed by atoms with E-state index in [0.717, 1.165) is 41.4 Å². The fourth-order valence-electron chi connectivity index (χ4n) is 2.87. The van der Waals surface area contributed by atoms with Crippen molar-refractivity contribution in [2.75, 3.05) is 43.4 Å². The summed E-state index contributed by atoms with van der Waals surface area (Å²) in [4.78, 5) is 4.59. The summed E-state index contributed by atoms with van der Waals surface area (Å²) in [5.74, 6) is 3.27. The van der Waals surface area contributed by atoms with Crippen molar-refractivity contribution in [3.63, 3.8) is 0 Å². The minimum absolute atomic E-state index is 0. The predicted octanol–water partition coefficient (Wildman–Crippen LogP) is 1.85. The molecule has 1 aromatic rings. The van der Waals surface area contributed by atoms with Gasteiger partial charge in [0.05, 0.1) is 18.0 Å². The Morgan fingerprint density at radius 2 is 1.93 bits per heavy atom. The van der Waals surface area contributed by atoms with Gasteiger partial charge in [0.25, 0.3) is 0 Å². The number of aryl methyl sites for hydroxylation is 2. The molecule has 1 saturated heterocycles. The summed E-state index contributed by atoms with van der Waals surface area (Å²) in [7, 11) is -3.22. The first-order valence-corrected chi connectivity index (χ1v) is 12.3. The number of aromatic nitrogens is 1. The molecule has 0 spiro atoms. The summed E-state index contributed by atoms with van der Waals surface area (Å²) in [5, 5.41) is 10.4. The first-order valence-electron chi connectivity index (χ1n) is 9.55. The van der Waals surface area contributed by atoms with Gasteiger partial charge in [0.15, 0.2) is 5.96 Å². The normalized spacial score (nSPS) is 15.9. The van der Waals surface area contributed by atoms with E-state index in [4.69, 9.17) is 4.52 Å². The molecule has 0 atom stereocenters. The van der Waals surface area contributed by atoms with E-state index in [2.05, 4.69) is 20.8 Å². The van der Waals surface area contributed by atoms with Gasteiger partial charge >= 0.3 is 0 Å². The maximum atomic E-state index is 12.4. The summed E-state index contributed by atoms with van der Waals surface area (Å²) in [5.41, 5.74) is 1.95. The zero-order valence-corrected chi connectivity index (χ0v) is 20.8. The molecule has 0 amide bonds. The topological polar surface area (TPSA) is 99.8 Å². The van der Waals surface area contributed by atoms with Gasteiger partial charge in [-0.25, -0.2) is 17.7 Å². The quantitative estimate of drug-likeness (QED) is 0.278. The number of rotatable bonds is 9. The second kappa shape index (κ2) is 12.9. The molecular weight excluding hydrogens is 513 g/mol. The van der Waals surface area contributed by atoms with Gasteiger partial charge in [-0.05, 0) is 13.3 Å². The molecule has 2 heterocycles. The first kappa shape index (κ1) is 25.5. The second-order valence-corrected chi connectivity index (χ2v) is 9.50. The molecule has 0 radical (unpaired) electrons. The van der Waals surface area contributed by atoms with Crippen molar-refractivity contribution in [3.05, 3.63) is 17.0 Å². The van der Waals surface area contributed by atoms with E-state index in [1.54, 1.807) is 16.1 Å². The molecule has 1 fully saturated rings. The number of hydrogen-bond acceptors (Lipinski definition) is 6. The highest BCUT2D eigenvalue weighted by Crippen LogP contribution is 2.17. The van der Waals surface area contributed by atoms with E-state index in [1.807, 2.05) is 20.8 Å². The summed E-state index contributed by atoms with van der Waals surface area (Å²) < 4.78 is 31.8. The zero-order chi connectivity index (χ0) is 19.7. The first-order chi connectivity index (χ1) is 13.0. The van der Waals surface area contributed by atoms with Crippen LogP contribution in [0.1, 0.15) is 37.8 Å². The van der Waals surface area contributed by atoms with E-state index < -0.39 is 10.0 Å². The molecular formula is C17H32IN5O3S2. The average Bonchev–Trinajstić information content (AvgIpc) is 3.08. The standard InChI is InChI=1S/C17H31N5O3S2.HI/c1-4-15-14(16(5-2)25-21-15)13-20-17(18-6-3)19-7-12-27(23,24)22-8-10-26-11-9-22;/h4-13H2,1-3H3,(H2,18,19,20);1H. The molecule has 0 saturated carbocycles. The molecule has 0 bridgehead atoms. The van der Waals surface area contributed by atoms with Crippen molar-refractivity contribution in [2.24, 2.45) is 4.99 Å². The molecule has 0 unspecified atom stereocenters. The number of guanidine groups is 1. The third kappa shape index (κ3) is 7.38. The van der Waals surface area contributed by atoms with Crippen molar-refractivity contribution < 1.29 is 12.9 Å². The van der Waals surface area contributed by atoms with E-state index in [9.17, 15) is 8.42 Å². The number of hydrogen-bond donors (Lipinski definition) is 2. The van der Waals surface area contributed by atoms with Gasteiger partial charge in [-0.2, -0.15) is 11.8 Å². The highest BCUT2D eigenvalue weighted by atomic mass is 127. The van der Waals surface area contributed by atoms with Gasteiger partial charge < -0.3 is 15.2 Å². The Morgan fingerprint density at radius 3 is 2.54 bits per heavy atom. The summed E-state index contributed by atoms with van der Waals surface area (Å²) in [6.45, 7) is 8.74. The van der Waals surface area contributed by atoms with Crippen molar-refractivity contribution in [3.8, 4) is 0 Å². The van der Waals surface area contributed by atoms with Crippen LogP contribution >= 0.6 is 35.7 Å². The Hall–Kier alpha value is -0.530. The van der Waals surface area contributed by atoms with Gasteiger partial charge in [0.1, 0.15) is 5.76 Å². The van der Waals surface area contributed by atoms with Crippen molar-refractivity contribution in [1.29, 1.82) is 0 Å². The Morgan fingerprint density at radius 1 is 1.21 bits per heavy atom. The van der Waals surface area contributed by atoms with Crippen molar-refractivity contribution in [2.45, 2.75) is 40.2 Å². The van der Waals surface area contributed by atoms with Gasteiger partial charge in [-0.1, -0.05) is 19.0 Å². The lowest BCUT2D eigenvalue weighted by Gasteiger charge is -2.25. The largest absolute Gasteiger partial charge is 0.361 e.